The summed E-state index contributed by atoms with van der Waals surface area (Å²) in [5.74, 6) is -1.94. The Kier molecular flexibility index (Phi) is 3.38. The van der Waals surface area contributed by atoms with E-state index < -0.39 is 28.2 Å². The molecule has 0 radical (unpaired) electrons. The smallest absolute Gasteiger partial charge is 0.207 e. The minimum atomic E-state index is -4.65. The molecule has 84 valence electrons. The van der Waals surface area contributed by atoms with Crippen LogP contribution in [0.2, 0.25) is 0 Å². The van der Waals surface area contributed by atoms with Crippen LogP contribution >= 0.6 is 15.9 Å². The zero-order valence-electron chi connectivity index (χ0n) is 7.50. The third-order valence-electron chi connectivity index (χ3n) is 1.84. The molecule has 0 N–H and O–H groups in total. The van der Waals surface area contributed by atoms with E-state index in [9.17, 15) is 22.0 Å². The second-order valence-corrected chi connectivity index (χ2v) is 3.94. The molecule has 0 heterocycles. The molecule has 1 aromatic rings. The average molecular weight is 289 g/mol. The molecule has 1 rings (SSSR count). The van der Waals surface area contributed by atoms with Gasteiger partial charge in [0.2, 0.25) is 0 Å². The van der Waals surface area contributed by atoms with E-state index in [-0.39, 0.29) is 5.56 Å². The molecule has 0 spiro atoms. The molecular formula is C9H6BrF5. The molecule has 15 heavy (non-hydrogen) atoms. The van der Waals surface area contributed by atoms with Gasteiger partial charge in [-0.2, -0.15) is 13.2 Å². The molecule has 0 aromatic heterocycles. The predicted molar refractivity (Wildman–Crippen MR) is 48.8 cm³/mol. The fourth-order valence-corrected chi connectivity index (χ4v) is 1.38. The van der Waals surface area contributed by atoms with Crippen molar-refractivity contribution in [2.45, 2.75) is 17.9 Å². The highest BCUT2D eigenvalue weighted by molar-refractivity contribution is 9.09. The molecule has 1 unspecified atom stereocenters. The monoisotopic (exact) mass is 288 g/mol. The van der Waals surface area contributed by atoms with E-state index in [0.29, 0.717) is 6.07 Å². The van der Waals surface area contributed by atoms with Crippen molar-refractivity contribution >= 4 is 15.9 Å². The zero-order chi connectivity index (χ0) is 11.8. The van der Waals surface area contributed by atoms with Gasteiger partial charge >= 0.3 is 6.18 Å². The molecule has 0 bridgehead atoms. The highest BCUT2D eigenvalue weighted by Gasteiger charge is 2.40. The van der Waals surface area contributed by atoms with Crippen molar-refractivity contribution in [3.63, 3.8) is 0 Å². The fourth-order valence-electron chi connectivity index (χ4n) is 1.03. The third-order valence-corrected chi connectivity index (χ3v) is 2.85. The van der Waals surface area contributed by atoms with Crippen molar-refractivity contribution in [1.29, 1.82) is 0 Å². The Bertz CT molecular complexity index is 372. The number of rotatable bonds is 1. The zero-order valence-corrected chi connectivity index (χ0v) is 9.09. The maximum atomic E-state index is 13.1. The largest absolute Gasteiger partial charge is 0.405 e. The van der Waals surface area contributed by atoms with Gasteiger partial charge in [-0.15, -0.1) is 0 Å². The molecule has 0 nitrogen and oxygen atoms in total. The highest BCUT2D eigenvalue weighted by Crippen LogP contribution is 2.41. The molecule has 0 aliphatic carbocycles. The quantitative estimate of drug-likeness (QED) is 0.535. The first-order valence-corrected chi connectivity index (χ1v) is 4.81. The van der Waals surface area contributed by atoms with Gasteiger partial charge in [-0.1, -0.05) is 15.9 Å². The van der Waals surface area contributed by atoms with Crippen molar-refractivity contribution in [3.8, 4) is 0 Å². The predicted octanol–water partition coefficient (Wildman–Crippen LogP) is 4.27. The lowest BCUT2D eigenvalue weighted by molar-refractivity contribution is -0.128. The number of halogens is 6. The summed E-state index contributed by atoms with van der Waals surface area (Å²) < 4.78 is 62.7. The second-order valence-electron chi connectivity index (χ2n) is 3.03. The first kappa shape index (κ1) is 12.4. The SMILES string of the molecule is Cc1cc(F)c(C(Br)C(F)(F)F)cc1F. The van der Waals surface area contributed by atoms with Crippen molar-refractivity contribution in [2.75, 3.05) is 0 Å². The molecule has 0 aliphatic rings. The Morgan fingerprint density at radius 3 is 2.13 bits per heavy atom. The van der Waals surface area contributed by atoms with Crippen LogP contribution < -0.4 is 0 Å². The van der Waals surface area contributed by atoms with Gasteiger partial charge in [0.15, 0.2) is 0 Å². The molecule has 0 aliphatic heterocycles. The summed E-state index contributed by atoms with van der Waals surface area (Å²) in [6, 6.07) is 1.29. The maximum absolute atomic E-state index is 13.1. The molecule has 0 saturated heterocycles. The van der Waals surface area contributed by atoms with E-state index in [1.807, 2.05) is 0 Å². The Balaban J connectivity index is 3.21. The van der Waals surface area contributed by atoms with Gasteiger partial charge in [0.1, 0.15) is 16.5 Å². The van der Waals surface area contributed by atoms with Crippen molar-refractivity contribution in [1.82, 2.24) is 0 Å². The summed E-state index contributed by atoms with van der Waals surface area (Å²) >= 11 is 2.28. The van der Waals surface area contributed by atoms with Gasteiger partial charge in [-0.05, 0) is 24.6 Å². The summed E-state index contributed by atoms with van der Waals surface area (Å²) in [5.41, 5.74) is -0.774. The molecule has 0 amide bonds. The Labute approximate surface area is 91.2 Å². The van der Waals surface area contributed by atoms with E-state index in [4.69, 9.17) is 0 Å². The average Bonchev–Trinajstić information content (AvgIpc) is 2.08. The lowest BCUT2D eigenvalue weighted by Crippen LogP contribution is -2.16. The number of alkyl halides is 4. The summed E-state index contributed by atoms with van der Waals surface area (Å²) in [6.07, 6.45) is -4.65. The molecule has 1 atom stereocenters. The van der Waals surface area contributed by atoms with E-state index in [0.717, 1.165) is 6.07 Å². The van der Waals surface area contributed by atoms with Gasteiger partial charge in [-0.25, -0.2) is 8.78 Å². The summed E-state index contributed by atoms with van der Waals surface area (Å²) in [6.45, 7) is 1.28. The number of hydrogen-bond donors (Lipinski definition) is 0. The van der Waals surface area contributed by atoms with Gasteiger partial charge in [-0.3, -0.25) is 0 Å². The third kappa shape index (κ3) is 2.68. The van der Waals surface area contributed by atoms with Crippen LogP contribution in [0, 0.1) is 18.6 Å². The number of aryl methyl sites for hydroxylation is 1. The van der Waals surface area contributed by atoms with Crippen LogP contribution in [-0.2, 0) is 0 Å². The van der Waals surface area contributed by atoms with Crippen LogP contribution in [0.3, 0.4) is 0 Å². The highest BCUT2D eigenvalue weighted by atomic mass is 79.9. The Morgan fingerprint density at radius 1 is 1.13 bits per heavy atom. The summed E-state index contributed by atoms with van der Waals surface area (Å²) in [5, 5.41) is 0. The van der Waals surface area contributed by atoms with Crippen molar-refractivity contribution in [2.24, 2.45) is 0 Å². The van der Waals surface area contributed by atoms with E-state index in [1.54, 1.807) is 0 Å². The normalized spacial score (nSPS) is 14.1. The van der Waals surface area contributed by atoms with E-state index in [1.165, 1.54) is 6.92 Å². The van der Waals surface area contributed by atoms with E-state index in [2.05, 4.69) is 15.9 Å². The molecule has 0 fully saturated rings. The van der Waals surface area contributed by atoms with Crippen molar-refractivity contribution in [3.05, 3.63) is 34.9 Å². The van der Waals surface area contributed by atoms with Gasteiger partial charge in [0.25, 0.3) is 0 Å². The van der Waals surface area contributed by atoms with E-state index >= 15 is 0 Å². The van der Waals surface area contributed by atoms with Crippen LogP contribution in [0.1, 0.15) is 16.0 Å². The standard InChI is InChI=1S/C9H6BrF5/c1-4-2-7(12)5(3-6(4)11)8(10)9(13,14)15/h2-3,8H,1H3. The topological polar surface area (TPSA) is 0 Å². The summed E-state index contributed by atoms with van der Waals surface area (Å²) in [4.78, 5) is -2.19. The van der Waals surface area contributed by atoms with Crippen LogP contribution in [0.4, 0.5) is 22.0 Å². The van der Waals surface area contributed by atoms with Crippen LogP contribution in [0.15, 0.2) is 12.1 Å². The van der Waals surface area contributed by atoms with Gasteiger partial charge in [0.05, 0.1) is 0 Å². The van der Waals surface area contributed by atoms with Crippen LogP contribution in [0.25, 0.3) is 0 Å². The lowest BCUT2D eigenvalue weighted by atomic mass is 10.1. The fraction of sp³-hybridized carbons (Fsp3) is 0.333. The Morgan fingerprint density at radius 2 is 1.67 bits per heavy atom. The first-order chi connectivity index (χ1) is 6.73. The minimum Gasteiger partial charge on any atom is -0.207 e. The molecule has 6 heteroatoms. The first-order valence-electron chi connectivity index (χ1n) is 3.90. The maximum Gasteiger partial charge on any atom is 0.405 e. The van der Waals surface area contributed by atoms with Crippen molar-refractivity contribution < 1.29 is 22.0 Å². The number of hydrogen-bond acceptors (Lipinski definition) is 0. The van der Waals surface area contributed by atoms with Gasteiger partial charge < -0.3 is 0 Å². The van der Waals surface area contributed by atoms with Crippen LogP contribution in [0.5, 0.6) is 0 Å². The second kappa shape index (κ2) is 4.08. The molecule has 0 saturated carbocycles. The lowest BCUT2D eigenvalue weighted by Gasteiger charge is -2.15. The number of benzene rings is 1. The summed E-state index contributed by atoms with van der Waals surface area (Å²) in [7, 11) is 0. The van der Waals surface area contributed by atoms with Crippen LogP contribution in [-0.4, -0.2) is 6.18 Å². The Hall–Kier alpha value is -0.650. The minimum absolute atomic E-state index is 0.0295. The molecule has 1 aromatic carbocycles. The molecular weight excluding hydrogens is 283 g/mol. The van der Waals surface area contributed by atoms with Gasteiger partial charge in [0, 0.05) is 5.56 Å².